The molecular formula is C25H26N2O3. The highest BCUT2D eigenvalue weighted by atomic mass is 16.5. The lowest BCUT2D eigenvalue weighted by Gasteiger charge is -2.23. The van der Waals surface area contributed by atoms with E-state index in [0.717, 1.165) is 17.0 Å². The zero-order chi connectivity index (χ0) is 21.2. The fraction of sp³-hybridized carbons (Fsp3) is 0.160. The highest BCUT2D eigenvalue weighted by Gasteiger charge is 2.16. The number of hydrogen-bond donors (Lipinski definition) is 1. The predicted molar refractivity (Wildman–Crippen MR) is 122 cm³/mol. The van der Waals surface area contributed by atoms with E-state index in [1.54, 1.807) is 12.0 Å². The third-order valence-electron chi connectivity index (χ3n) is 4.45. The van der Waals surface area contributed by atoms with Crippen LogP contribution in [0.3, 0.4) is 0 Å². The van der Waals surface area contributed by atoms with Gasteiger partial charge in [0, 0.05) is 12.2 Å². The van der Waals surface area contributed by atoms with E-state index in [4.69, 9.17) is 9.47 Å². The molecule has 0 spiro atoms. The fourth-order valence-electron chi connectivity index (χ4n) is 2.98. The lowest BCUT2D eigenvalue weighted by molar-refractivity contribution is 0.257. The number of methoxy groups -OCH3 is 1. The summed E-state index contributed by atoms with van der Waals surface area (Å²) in [5, 5.41) is 2.95. The Hall–Kier alpha value is -3.73. The SMILES string of the molecule is CCOc1ccc(N(C/C=C/c2ccccc2)C(=O)Nc2ccccc2OC)cc1. The van der Waals surface area contributed by atoms with Gasteiger partial charge in [-0.15, -0.1) is 0 Å². The second-order valence-electron chi connectivity index (χ2n) is 6.48. The number of amides is 2. The number of nitrogens with one attached hydrogen (secondary N) is 1. The molecule has 0 aromatic heterocycles. The molecule has 0 radical (unpaired) electrons. The van der Waals surface area contributed by atoms with Crippen LogP contribution >= 0.6 is 0 Å². The lowest BCUT2D eigenvalue weighted by Crippen LogP contribution is -2.35. The zero-order valence-corrected chi connectivity index (χ0v) is 17.2. The van der Waals surface area contributed by atoms with Crippen LogP contribution < -0.4 is 19.7 Å². The third-order valence-corrected chi connectivity index (χ3v) is 4.45. The van der Waals surface area contributed by atoms with Gasteiger partial charge >= 0.3 is 6.03 Å². The van der Waals surface area contributed by atoms with Crippen LogP contribution in [-0.2, 0) is 0 Å². The molecule has 5 nitrogen and oxygen atoms in total. The number of nitrogens with zero attached hydrogens (tertiary/aromatic N) is 1. The molecule has 0 saturated heterocycles. The van der Waals surface area contributed by atoms with Crippen LogP contribution in [0.15, 0.2) is 84.9 Å². The second-order valence-corrected chi connectivity index (χ2v) is 6.48. The number of ether oxygens (including phenoxy) is 2. The molecule has 3 rings (SSSR count). The Morgan fingerprint density at radius 2 is 1.67 bits per heavy atom. The molecule has 0 fully saturated rings. The molecule has 0 unspecified atom stereocenters. The molecule has 0 aliphatic carbocycles. The van der Waals surface area contributed by atoms with Gasteiger partial charge in [-0.25, -0.2) is 4.79 Å². The van der Waals surface area contributed by atoms with Gasteiger partial charge in [-0.1, -0.05) is 54.6 Å². The predicted octanol–water partition coefficient (Wildman–Crippen LogP) is 5.85. The van der Waals surface area contributed by atoms with Crippen LogP contribution in [0.25, 0.3) is 6.08 Å². The van der Waals surface area contributed by atoms with E-state index in [9.17, 15) is 4.79 Å². The summed E-state index contributed by atoms with van der Waals surface area (Å²) in [5.74, 6) is 1.38. The van der Waals surface area contributed by atoms with Gasteiger partial charge in [0.25, 0.3) is 0 Å². The van der Waals surface area contributed by atoms with E-state index in [-0.39, 0.29) is 6.03 Å². The molecular weight excluding hydrogens is 376 g/mol. The van der Waals surface area contributed by atoms with Crippen molar-refractivity contribution in [1.82, 2.24) is 0 Å². The summed E-state index contributed by atoms with van der Waals surface area (Å²) in [6.07, 6.45) is 3.96. The van der Waals surface area contributed by atoms with Crippen molar-refractivity contribution < 1.29 is 14.3 Å². The molecule has 2 amide bonds. The van der Waals surface area contributed by atoms with E-state index >= 15 is 0 Å². The second kappa shape index (κ2) is 10.7. The molecule has 1 N–H and O–H groups in total. The Labute approximate surface area is 177 Å². The topological polar surface area (TPSA) is 50.8 Å². The van der Waals surface area contributed by atoms with E-state index in [1.165, 1.54) is 0 Å². The molecule has 0 bridgehead atoms. The van der Waals surface area contributed by atoms with E-state index in [0.29, 0.717) is 24.6 Å². The molecule has 154 valence electrons. The summed E-state index contributed by atoms with van der Waals surface area (Å²) in [7, 11) is 1.58. The first-order valence-electron chi connectivity index (χ1n) is 9.87. The first kappa shape index (κ1) is 21.0. The summed E-state index contributed by atoms with van der Waals surface area (Å²) < 4.78 is 10.9. The number of hydrogen-bond acceptors (Lipinski definition) is 3. The van der Waals surface area contributed by atoms with Crippen molar-refractivity contribution in [1.29, 1.82) is 0 Å². The van der Waals surface area contributed by atoms with Crippen LogP contribution in [0.5, 0.6) is 11.5 Å². The quantitative estimate of drug-likeness (QED) is 0.514. The van der Waals surface area contributed by atoms with Gasteiger partial charge in [-0.2, -0.15) is 0 Å². The maximum atomic E-state index is 13.1. The van der Waals surface area contributed by atoms with Gasteiger partial charge in [-0.3, -0.25) is 4.90 Å². The molecule has 0 aliphatic rings. The van der Waals surface area contributed by atoms with Crippen molar-refractivity contribution in [3.05, 3.63) is 90.5 Å². The molecule has 0 saturated carbocycles. The molecule has 0 atom stereocenters. The number of carbonyl (C=O) groups excluding carboxylic acids is 1. The van der Waals surface area contributed by atoms with Crippen LogP contribution in [-0.4, -0.2) is 26.3 Å². The van der Waals surface area contributed by atoms with Gasteiger partial charge in [0.15, 0.2) is 0 Å². The average Bonchev–Trinajstić information content (AvgIpc) is 2.79. The van der Waals surface area contributed by atoms with Crippen molar-refractivity contribution in [2.75, 3.05) is 30.5 Å². The standard InChI is InChI=1S/C25H26N2O3/c1-3-30-22-17-15-21(16-18-22)27(19-9-12-20-10-5-4-6-11-20)25(28)26-23-13-7-8-14-24(23)29-2/h4-18H,3,19H2,1-2H3,(H,26,28)/b12-9+. The van der Waals surface area contributed by atoms with Crippen LogP contribution in [0.2, 0.25) is 0 Å². The smallest absolute Gasteiger partial charge is 0.326 e. The first-order chi connectivity index (χ1) is 14.7. The Kier molecular flexibility index (Phi) is 7.50. The van der Waals surface area contributed by atoms with Crippen LogP contribution in [0, 0.1) is 0 Å². The number of para-hydroxylation sites is 2. The summed E-state index contributed by atoms with van der Waals surface area (Å²) in [5.41, 5.74) is 2.46. The fourth-order valence-corrected chi connectivity index (χ4v) is 2.98. The first-order valence-corrected chi connectivity index (χ1v) is 9.87. The van der Waals surface area contributed by atoms with Gasteiger partial charge < -0.3 is 14.8 Å². The maximum Gasteiger partial charge on any atom is 0.326 e. The Morgan fingerprint density at radius 1 is 0.967 bits per heavy atom. The molecule has 3 aromatic carbocycles. The number of anilines is 2. The minimum absolute atomic E-state index is 0.249. The van der Waals surface area contributed by atoms with Crippen LogP contribution in [0.4, 0.5) is 16.2 Å². The Bertz CT molecular complexity index is 969. The molecule has 5 heteroatoms. The average molecular weight is 402 g/mol. The lowest BCUT2D eigenvalue weighted by atomic mass is 10.2. The largest absolute Gasteiger partial charge is 0.495 e. The van der Waals surface area contributed by atoms with Crippen molar-refractivity contribution in [3.8, 4) is 11.5 Å². The van der Waals surface area contributed by atoms with Crippen molar-refractivity contribution in [3.63, 3.8) is 0 Å². The van der Waals surface area contributed by atoms with Crippen molar-refractivity contribution >= 4 is 23.5 Å². The van der Waals surface area contributed by atoms with Gasteiger partial charge in [0.1, 0.15) is 11.5 Å². The monoisotopic (exact) mass is 402 g/mol. The van der Waals surface area contributed by atoms with Crippen LogP contribution in [0.1, 0.15) is 12.5 Å². The zero-order valence-electron chi connectivity index (χ0n) is 17.2. The molecule has 0 aliphatic heterocycles. The highest BCUT2D eigenvalue weighted by Crippen LogP contribution is 2.25. The third kappa shape index (κ3) is 5.64. The normalized spacial score (nSPS) is 10.6. The minimum atomic E-state index is -0.249. The van der Waals surface area contributed by atoms with E-state index in [2.05, 4.69) is 5.32 Å². The molecule has 30 heavy (non-hydrogen) atoms. The van der Waals surface area contributed by atoms with Crippen molar-refractivity contribution in [2.24, 2.45) is 0 Å². The summed E-state index contributed by atoms with van der Waals surface area (Å²) >= 11 is 0. The highest BCUT2D eigenvalue weighted by molar-refractivity contribution is 6.02. The molecule has 0 heterocycles. The Balaban J connectivity index is 1.82. The number of carbonyl (C=O) groups is 1. The summed E-state index contributed by atoms with van der Waals surface area (Å²) in [6.45, 7) is 2.94. The van der Waals surface area contributed by atoms with E-state index < -0.39 is 0 Å². The maximum absolute atomic E-state index is 13.1. The van der Waals surface area contributed by atoms with Gasteiger partial charge in [-0.05, 0) is 48.9 Å². The van der Waals surface area contributed by atoms with E-state index in [1.807, 2.05) is 97.9 Å². The number of benzene rings is 3. The number of urea groups is 1. The molecule has 3 aromatic rings. The van der Waals surface area contributed by atoms with Crippen molar-refractivity contribution in [2.45, 2.75) is 6.92 Å². The summed E-state index contributed by atoms with van der Waals surface area (Å²) in [4.78, 5) is 14.8. The Morgan fingerprint density at radius 3 is 2.37 bits per heavy atom. The minimum Gasteiger partial charge on any atom is -0.495 e. The van der Waals surface area contributed by atoms with Gasteiger partial charge in [0.05, 0.1) is 19.4 Å². The van der Waals surface area contributed by atoms with Gasteiger partial charge in [0.2, 0.25) is 0 Å². The number of rotatable bonds is 8. The summed E-state index contributed by atoms with van der Waals surface area (Å²) in [6, 6.07) is 24.6.